The number of para-hydroxylation sites is 1. The van der Waals surface area contributed by atoms with Gasteiger partial charge in [0.05, 0.1) is 5.69 Å². The summed E-state index contributed by atoms with van der Waals surface area (Å²) in [6.07, 6.45) is 0.996. The van der Waals surface area contributed by atoms with E-state index in [1.165, 1.54) is 27.6 Å². The quantitative estimate of drug-likeness (QED) is 0.543. The maximum Gasteiger partial charge on any atom is 0.217 e. The van der Waals surface area contributed by atoms with Crippen LogP contribution in [0.1, 0.15) is 12.0 Å². The average molecular weight is 354 g/mol. The van der Waals surface area contributed by atoms with Crippen LogP contribution in [0.2, 0.25) is 0 Å². The second-order valence-corrected chi connectivity index (χ2v) is 6.81. The Bertz CT molecular complexity index is 1090. The smallest absolute Gasteiger partial charge is 0.217 e. The van der Waals surface area contributed by atoms with Gasteiger partial charge in [-0.25, -0.2) is 0 Å². The minimum Gasteiger partial charge on any atom is -0.370 e. The van der Waals surface area contributed by atoms with Crippen LogP contribution in [-0.2, 0) is 18.3 Å². The summed E-state index contributed by atoms with van der Waals surface area (Å²) in [4.78, 5) is 11.4. The van der Waals surface area contributed by atoms with Crippen molar-refractivity contribution in [3.05, 3.63) is 84.4 Å². The van der Waals surface area contributed by atoms with E-state index in [1.807, 2.05) is 18.2 Å². The highest BCUT2D eigenvalue weighted by Crippen LogP contribution is 2.34. The van der Waals surface area contributed by atoms with Crippen LogP contribution in [0.15, 0.2) is 78.9 Å². The number of nitrogens with two attached hydrogens (primary N) is 1. The monoisotopic (exact) mass is 354 g/mol. The maximum atomic E-state index is 11.4. The highest BCUT2D eigenvalue weighted by Gasteiger charge is 2.17. The molecule has 3 aromatic carbocycles. The van der Waals surface area contributed by atoms with E-state index < -0.39 is 0 Å². The number of hydrogen-bond donors (Lipinski definition) is 1. The van der Waals surface area contributed by atoms with Gasteiger partial charge in [-0.2, -0.15) is 0 Å². The molecule has 134 valence electrons. The molecule has 0 aliphatic carbocycles. The first-order chi connectivity index (χ1) is 13.1. The first-order valence-corrected chi connectivity index (χ1v) is 9.15. The van der Waals surface area contributed by atoms with Gasteiger partial charge in [0.1, 0.15) is 0 Å². The van der Waals surface area contributed by atoms with Crippen LogP contribution in [0, 0.1) is 0 Å². The summed E-state index contributed by atoms with van der Waals surface area (Å²) in [5.74, 6) is -0.270. The summed E-state index contributed by atoms with van der Waals surface area (Å²) < 4.78 is 2.21. The molecule has 1 heterocycles. The molecule has 0 saturated carbocycles. The molecular formula is C24H22N2O. The number of fused-ring (bicyclic) bond motifs is 1. The number of benzene rings is 3. The van der Waals surface area contributed by atoms with Crippen LogP contribution >= 0.6 is 0 Å². The second-order valence-electron chi connectivity index (χ2n) is 6.81. The molecule has 0 aliphatic rings. The standard InChI is InChI=1S/C24H22N2O/c1-26-22-10-6-5-9-20(22)21(15-16-23(25)27)24(26)19-13-11-18(12-14-19)17-7-3-2-4-8-17/h2-14H,15-16H2,1H3,(H2,25,27). The molecule has 0 spiro atoms. The Hall–Kier alpha value is -3.33. The van der Waals surface area contributed by atoms with E-state index in [9.17, 15) is 4.79 Å². The lowest BCUT2D eigenvalue weighted by Gasteiger charge is -2.10. The van der Waals surface area contributed by atoms with Crippen molar-refractivity contribution in [2.24, 2.45) is 12.8 Å². The Morgan fingerprint density at radius 3 is 2.11 bits per heavy atom. The van der Waals surface area contributed by atoms with Crippen LogP contribution in [0.3, 0.4) is 0 Å². The summed E-state index contributed by atoms with van der Waals surface area (Å²) in [5, 5.41) is 1.18. The van der Waals surface area contributed by atoms with Gasteiger partial charge in [-0.3, -0.25) is 4.79 Å². The van der Waals surface area contributed by atoms with Crippen molar-refractivity contribution < 1.29 is 4.79 Å². The van der Waals surface area contributed by atoms with E-state index in [0.29, 0.717) is 12.8 Å². The molecule has 4 aromatic rings. The van der Waals surface area contributed by atoms with Crippen molar-refractivity contribution in [1.82, 2.24) is 4.57 Å². The van der Waals surface area contributed by atoms with E-state index in [-0.39, 0.29) is 5.91 Å². The van der Waals surface area contributed by atoms with Crippen molar-refractivity contribution in [2.75, 3.05) is 0 Å². The summed E-state index contributed by atoms with van der Waals surface area (Å²) in [7, 11) is 2.08. The molecule has 0 aliphatic heterocycles. The predicted molar refractivity (Wildman–Crippen MR) is 111 cm³/mol. The molecule has 0 radical (unpaired) electrons. The van der Waals surface area contributed by atoms with Gasteiger partial charge >= 0.3 is 0 Å². The lowest BCUT2D eigenvalue weighted by molar-refractivity contribution is -0.117. The topological polar surface area (TPSA) is 48.0 Å². The third-order valence-electron chi connectivity index (χ3n) is 5.10. The third-order valence-corrected chi connectivity index (χ3v) is 5.10. The van der Waals surface area contributed by atoms with Gasteiger partial charge in [0, 0.05) is 24.4 Å². The average Bonchev–Trinajstić information content (AvgIpc) is 2.99. The first-order valence-electron chi connectivity index (χ1n) is 9.15. The molecule has 27 heavy (non-hydrogen) atoms. The number of rotatable bonds is 5. The van der Waals surface area contributed by atoms with Gasteiger partial charge in [-0.1, -0.05) is 72.8 Å². The fraction of sp³-hybridized carbons (Fsp3) is 0.125. The molecule has 0 saturated heterocycles. The molecular weight excluding hydrogens is 332 g/mol. The Morgan fingerprint density at radius 2 is 1.41 bits per heavy atom. The van der Waals surface area contributed by atoms with Crippen LogP contribution < -0.4 is 5.73 Å². The maximum absolute atomic E-state index is 11.4. The van der Waals surface area contributed by atoms with Gasteiger partial charge in [0.25, 0.3) is 0 Å². The van der Waals surface area contributed by atoms with E-state index in [2.05, 4.69) is 72.3 Å². The van der Waals surface area contributed by atoms with Gasteiger partial charge in [-0.05, 0) is 34.7 Å². The summed E-state index contributed by atoms with van der Waals surface area (Å²) in [6.45, 7) is 0. The van der Waals surface area contributed by atoms with Gasteiger partial charge in [-0.15, -0.1) is 0 Å². The Morgan fingerprint density at radius 1 is 0.815 bits per heavy atom. The zero-order chi connectivity index (χ0) is 18.8. The largest absolute Gasteiger partial charge is 0.370 e. The van der Waals surface area contributed by atoms with Crippen LogP contribution in [0.25, 0.3) is 33.3 Å². The number of nitrogens with zero attached hydrogens (tertiary/aromatic N) is 1. The molecule has 4 rings (SSSR count). The van der Waals surface area contributed by atoms with Crippen molar-refractivity contribution >= 4 is 16.8 Å². The minimum atomic E-state index is -0.270. The first kappa shape index (κ1) is 17.1. The van der Waals surface area contributed by atoms with E-state index >= 15 is 0 Å². The normalized spacial score (nSPS) is 11.0. The number of aryl methyl sites for hydroxylation is 2. The fourth-order valence-corrected chi connectivity index (χ4v) is 3.79. The predicted octanol–water partition coefficient (Wildman–Crippen LogP) is 4.93. The minimum absolute atomic E-state index is 0.270. The van der Waals surface area contributed by atoms with E-state index in [1.54, 1.807) is 0 Å². The number of carbonyl (C=O) groups is 1. The highest BCUT2D eigenvalue weighted by molar-refractivity contribution is 5.92. The number of amides is 1. The zero-order valence-corrected chi connectivity index (χ0v) is 15.4. The highest BCUT2D eigenvalue weighted by atomic mass is 16.1. The van der Waals surface area contributed by atoms with Crippen molar-refractivity contribution in [3.63, 3.8) is 0 Å². The summed E-state index contributed by atoms with van der Waals surface area (Å²) in [6, 6.07) is 27.3. The summed E-state index contributed by atoms with van der Waals surface area (Å²) in [5.41, 5.74) is 12.5. The molecule has 3 nitrogen and oxygen atoms in total. The lowest BCUT2D eigenvalue weighted by Crippen LogP contribution is -2.11. The number of aromatic nitrogens is 1. The molecule has 0 unspecified atom stereocenters. The molecule has 0 atom stereocenters. The van der Waals surface area contributed by atoms with E-state index in [4.69, 9.17) is 5.73 Å². The lowest BCUT2D eigenvalue weighted by atomic mass is 9.98. The molecule has 1 aromatic heterocycles. The fourth-order valence-electron chi connectivity index (χ4n) is 3.79. The number of primary amides is 1. The van der Waals surface area contributed by atoms with Crippen molar-refractivity contribution in [3.8, 4) is 22.4 Å². The number of hydrogen-bond acceptors (Lipinski definition) is 1. The zero-order valence-electron chi connectivity index (χ0n) is 15.4. The Balaban J connectivity index is 1.82. The van der Waals surface area contributed by atoms with Crippen LogP contribution in [-0.4, -0.2) is 10.5 Å². The molecule has 2 N–H and O–H groups in total. The van der Waals surface area contributed by atoms with Crippen molar-refractivity contribution in [1.29, 1.82) is 0 Å². The Labute approximate surface area is 159 Å². The van der Waals surface area contributed by atoms with Crippen LogP contribution in [0.4, 0.5) is 0 Å². The van der Waals surface area contributed by atoms with Gasteiger partial charge in [0.2, 0.25) is 5.91 Å². The van der Waals surface area contributed by atoms with Gasteiger partial charge in [0.15, 0.2) is 0 Å². The number of carbonyl (C=O) groups excluding carboxylic acids is 1. The third kappa shape index (κ3) is 3.24. The molecule has 3 heteroatoms. The van der Waals surface area contributed by atoms with E-state index in [0.717, 1.165) is 11.3 Å². The van der Waals surface area contributed by atoms with Gasteiger partial charge < -0.3 is 10.3 Å². The Kier molecular flexibility index (Phi) is 4.51. The molecule has 1 amide bonds. The summed E-state index contributed by atoms with van der Waals surface area (Å²) >= 11 is 0. The van der Waals surface area contributed by atoms with Crippen LogP contribution in [0.5, 0.6) is 0 Å². The SMILES string of the molecule is Cn1c(-c2ccc(-c3ccccc3)cc2)c(CCC(N)=O)c2ccccc21. The molecule has 0 fully saturated rings. The van der Waals surface area contributed by atoms with Crippen molar-refractivity contribution in [2.45, 2.75) is 12.8 Å². The molecule has 0 bridgehead atoms. The second kappa shape index (κ2) is 7.12.